The van der Waals surface area contributed by atoms with E-state index in [-0.39, 0.29) is 5.91 Å². The molecule has 1 saturated carbocycles. The van der Waals surface area contributed by atoms with Gasteiger partial charge in [-0.1, -0.05) is 56.6 Å². The molecule has 0 bridgehead atoms. The molecule has 6 nitrogen and oxygen atoms in total. The Morgan fingerprint density at radius 2 is 1.84 bits per heavy atom. The Morgan fingerprint density at radius 3 is 2.48 bits per heavy atom. The number of rotatable bonds is 8. The molecule has 1 aromatic carbocycles. The Hall–Kier alpha value is -1.77. The Balaban J connectivity index is 1.82. The fraction of sp³-hybridized carbons (Fsp3) is 0.565. The summed E-state index contributed by atoms with van der Waals surface area (Å²) in [5, 5.41) is 3.53. The molecule has 1 amide bonds. The van der Waals surface area contributed by atoms with Crippen molar-refractivity contribution in [1.29, 1.82) is 0 Å². The molecule has 1 aliphatic carbocycles. The maximum atomic E-state index is 13.1. The zero-order chi connectivity index (χ0) is 22.6. The Bertz CT molecular complexity index is 1020. The molecule has 1 fully saturated rings. The van der Waals surface area contributed by atoms with Gasteiger partial charge in [-0.3, -0.25) is 4.79 Å². The SMILES string of the molecule is CCN(CC)S(=O)(=O)c1cc(-c2sc(NC(=O)CC3CCCCC3)nc2C)ccc1C. The summed E-state index contributed by atoms with van der Waals surface area (Å²) < 4.78 is 27.6. The maximum Gasteiger partial charge on any atom is 0.243 e. The van der Waals surface area contributed by atoms with E-state index in [0.29, 0.717) is 35.5 Å². The van der Waals surface area contributed by atoms with Gasteiger partial charge in [0, 0.05) is 19.5 Å². The lowest BCUT2D eigenvalue weighted by Crippen LogP contribution is -2.31. The molecule has 0 unspecified atom stereocenters. The van der Waals surface area contributed by atoms with Gasteiger partial charge in [-0.05, 0) is 49.8 Å². The molecule has 3 rings (SSSR count). The van der Waals surface area contributed by atoms with Crippen molar-refractivity contribution >= 4 is 32.4 Å². The molecule has 0 atom stereocenters. The highest BCUT2D eigenvalue weighted by Gasteiger charge is 2.25. The minimum Gasteiger partial charge on any atom is -0.302 e. The third kappa shape index (κ3) is 5.54. The molecule has 170 valence electrons. The van der Waals surface area contributed by atoms with Gasteiger partial charge in [0.25, 0.3) is 0 Å². The number of anilines is 1. The molecule has 1 aromatic heterocycles. The van der Waals surface area contributed by atoms with Gasteiger partial charge in [0.2, 0.25) is 15.9 Å². The smallest absolute Gasteiger partial charge is 0.243 e. The predicted octanol–water partition coefficient (Wildman–Crippen LogP) is 5.37. The molecule has 1 heterocycles. The van der Waals surface area contributed by atoms with Crippen LogP contribution in [0.3, 0.4) is 0 Å². The summed E-state index contributed by atoms with van der Waals surface area (Å²) in [6.45, 7) is 8.25. The van der Waals surface area contributed by atoms with Gasteiger partial charge in [-0.15, -0.1) is 0 Å². The number of aryl methyl sites for hydroxylation is 2. The molecular formula is C23H33N3O3S2. The van der Waals surface area contributed by atoms with E-state index in [1.165, 1.54) is 34.9 Å². The van der Waals surface area contributed by atoms with Crippen molar-refractivity contribution in [3.05, 3.63) is 29.5 Å². The topological polar surface area (TPSA) is 79.4 Å². The quantitative estimate of drug-likeness (QED) is 0.571. The summed E-state index contributed by atoms with van der Waals surface area (Å²) in [6, 6.07) is 5.49. The van der Waals surface area contributed by atoms with Gasteiger partial charge in [-0.25, -0.2) is 13.4 Å². The van der Waals surface area contributed by atoms with E-state index in [9.17, 15) is 13.2 Å². The van der Waals surface area contributed by atoms with Crippen LogP contribution < -0.4 is 5.32 Å². The lowest BCUT2D eigenvalue weighted by atomic mass is 9.87. The normalized spacial score (nSPS) is 15.4. The number of benzene rings is 1. The Morgan fingerprint density at radius 1 is 1.16 bits per heavy atom. The van der Waals surface area contributed by atoms with Crippen LogP contribution in [0, 0.1) is 19.8 Å². The molecule has 1 aliphatic rings. The second-order valence-electron chi connectivity index (χ2n) is 8.26. The minimum atomic E-state index is -3.56. The van der Waals surface area contributed by atoms with E-state index in [4.69, 9.17) is 0 Å². The summed E-state index contributed by atoms with van der Waals surface area (Å²) in [4.78, 5) is 18.2. The van der Waals surface area contributed by atoms with Crippen LogP contribution in [0.25, 0.3) is 10.4 Å². The first-order valence-corrected chi connectivity index (χ1v) is 13.4. The predicted molar refractivity (Wildman–Crippen MR) is 127 cm³/mol. The van der Waals surface area contributed by atoms with Gasteiger partial charge >= 0.3 is 0 Å². The molecule has 8 heteroatoms. The minimum absolute atomic E-state index is 0.0147. The first kappa shape index (κ1) is 23.9. The monoisotopic (exact) mass is 463 g/mol. The van der Waals surface area contributed by atoms with Crippen LogP contribution in [0.4, 0.5) is 5.13 Å². The maximum absolute atomic E-state index is 13.1. The van der Waals surface area contributed by atoms with Crippen molar-refractivity contribution in [2.75, 3.05) is 18.4 Å². The third-order valence-electron chi connectivity index (χ3n) is 6.02. The zero-order valence-corrected chi connectivity index (χ0v) is 20.5. The third-order valence-corrected chi connectivity index (χ3v) is 9.33. The van der Waals surface area contributed by atoms with E-state index in [1.807, 2.05) is 39.8 Å². The molecule has 0 radical (unpaired) electrons. The van der Waals surface area contributed by atoms with Crippen molar-refractivity contribution in [3.63, 3.8) is 0 Å². The van der Waals surface area contributed by atoms with Gasteiger partial charge < -0.3 is 5.32 Å². The number of hydrogen-bond acceptors (Lipinski definition) is 5. The van der Waals surface area contributed by atoms with Crippen LogP contribution in [0.1, 0.15) is 63.6 Å². The second-order valence-corrected chi connectivity index (χ2v) is 11.2. The van der Waals surface area contributed by atoms with Gasteiger partial charge in [0.15, 0.2) is 5.13 Å². The summed E-state index contributed by atoms with van der Waals surface area (Å²) in [5.74, 6) is 0.486. The standard InChI is InChI=1S/C23H33N3O3S2/c1-5-26(6-2)31(28,29)20-15-19(13-12-16(20)3)22-17(4)24-23(30-22)25-21(27)14-18-10-8-7-9-11-18/h12-13,15,18H,5-11,14H2,1-4H3,(H,24,25,27). The Labute approximate surface area is 190 Å². The molecule has 0 spiro atoms. The number of nitrogens with zero attached hydrogens (tertiary/aromatic N) is 2. The largest absolute Gasteiger partial charge is 0.302 e. The van der Waals surface area contributed by atoms with E-state index in [0.717, 1.165) is 34.5 Å². The Kier molecular flexibility index (Phi) is 7.88. The fourth-order valence-corrected chi connectivity index (χ4v) is 6.95. The number of aromatic nitrogens is 1. The molecule has 31 heavy (non-hydrogen) atoms. The average molecular weight is 464 g/mol. The van der Waals surface area contributed by atoms with E-state index in [2.05, 4.69) is 10.3 Å². The van der Waals surface area contributed by atoms with Crippen LogP contribution in [-0.2, 0) is 14.8 Å². The first-order chi connectivity index (χ1) is 14.8. The second kappa shape index (κ2) is 10.2. The summed E-state index contributed by atoms with van der Waals surface area (Å²) >= 11 is 1.40. The van der Waals surface area contributed by atoms with Gasteiger partial charge in [-0.2, -0.15) is 4.31 Å². The molecular weight excluding hydrogens is 430 g/mol. The number of carbonyl (C=O) groups excluding carboxylic acids is 1. The molecule has 0 saturated heterocycles. The van der Waals surface area contributed by atoms with Crippen LogP contribution >= 0.6 is 11.3 Å². The number of carbonyl (C=O) groups is 1. The summed E-state index contributed by atoms with van der Waals surface area (Å²) in [6.07, 6.45) is 6.50. The molecule has 0 aliphatic heterocycles. The molecule has 1 N–H and O–H groups in total. The van der Waals surface area contributed by atoms with Crippen LogP contribution in [0.2, 0.25) is 0 Å². The summed E-state index contributed by atoms with van der Waals surface area (Å²) in [7, 11) is -3.56. The fourth-order valence-electron chi connectivity index (χ4n) is 4.26. The molecule has 2 aromatic rings. The lowest BCUT2D eigenvalue weighted by Gasteiger charge is -2.20. The highest BCUT2D eigenvalue weighted by molar-refractivity contribution is 7.89. The number of amides is 1. The number of hydrogen-bond donors (Lipinski definition) is 1. The highest BCUT2D eigenvalue weighted by Crippen LogP contribution is 2.35. The lowest BCUT2D eigenvalue weighted by molar-refractivity contribution is -0.117. The van der Waals surface area contributed by atoms with Gasteiger partial charge in [0.1, 0.15) is 0 Å². The van der Waals surface area contributed by atoms with Crippen LogP contribution in [0.15, 0.2) is 23.1 Å². The summed E-state index contributed by atoms with van der Waals surface area (Å²) in [5.41, 5.74) is 2.31. The highest BCUT2D eigenvalue weighted by atomic mass is 32.2. The van der Waals surface area contributed by atoms with Crippen LogP contribution in [-0.4, -0.2) is 36.7 Å². The number of sulfonamides is 1. The van der Waals surface area contributed by atoms with E-state index >= 15 is 0 Å². The van der Waals surface area contributed by atoms with Crippen molar-refractivity contribution in [3.8, 4) is 10.4 Å². The van der Waals surface area contributed by atoms with Crippen molar-refractivity contribution < 1.29 is 13.2 Å². The van der Waals surface area contributed by atoms with E-state index in [1.54, 1.807) is 6.07 Å². The number of thiazole rings is 1. The van der Waals surface area contributed by atoms with Crippen molar-refractivity contribution in [1.82, 2.24) is 9.29 Å². The number of nitrogens with one attached hydrogen (secondary N) is 1. The van der Waals surface area contributed by atoms with Crippen LogP contribution in [0.5, 0.6) is 0 Å². The zero-order valence-electron chi connectivity index (χ0n) is 18.9. The van der Waals surface area contributed by atoms with E-state index < -0.39 is 10.0 Å². The van der Waals surface area contributed by atoms with Crippen molar-refractivity contribution in [2.24, 2.45) is 5.92 Å². The first-order valence-electron chi connectivity index (χ1n) is 11.1. The average Bonchev–Trinajstić information content (AvgIpc) is 3.09. The van der Waals surface area contributed by atoms with Crippen molar-refractivity contribution in [2.45, 2.75) is 71.1 Å². The van der Waals surface area contributed by atoms with Gasteiger partial charge in [0.05, 0.1) is 15.5 Å².